The van der Waals surface area contributed by atoms with Gasteiger partial charge in [-0.2, -0.15) is 0 Å². The van der Waals surface area contributed by atoms with Crippen molar-refractivity contribution in [3.63, 3.8) is 0 Å². The van der Waals surface area contributed by atoms with Crippen LogP contribution in [0.3, 0.4) is 0 Å². The van der Waals surface area contributed by atoms with Gasteiger partial charge in [0.05, 0.1) is 16.6 Å². The number of para-hydroxylation sites is 1. The van der Waals surface area contributed by atoms with Gasteiger partial charge in [0.1, 0.15) is 0 Å². The molecule has 0 radical (unpaired) electrons. The second kappa shape index (κ2) is 6.36. The van der Waals surface area contributed by atoms with E-state index in [9.17, 15) is 4.79 Å². The summed E-state index contributed by atoms with van der Waals surface area (Å²) in [4.78, 5) is 18.9. The van der Waals surface area contributed by atoms with Crippen LogP contribution in [0.1, 0.15) is 29.5 Å². The molecule has 0 bridgehead atoms. The lowest BCUT2D eigenvalue weighted by molar-refractivity contribution is -0.117. The monoisotopic (exact) mass is 336 g/mol. The van der Waals surface area contributed by atoms with E-state index in [0.717, 1.165) is 27.3 Å². The van der Waals surface area contributed by atoms with Crippen LogP contribution in [-0.2, 0) is 24.1 Å². The van der Waals surface area contributed by atoms with Crippen LogP contribution in [0.15, 0.2) is 42.5 Å². The maximum Gasteiger partial charge on any atom is 0.232 e. The summed E-state index contributed by atoms with van der Waals surface area (Å²) in [6.45, 7) is 0. The van der Waals surface area contributed by atoms with E-state index in [-0.39, 0.29) is 5.91 Å². The molecule has 0 spiro atoms. The van der Waals surface area contributed by atoms with E-state index in [2.05, 4.69) is 23.2 Å². The van der Waals surface area contributed by atoms with E-state index < -0.39 is 0 Å². The molecule has 0 saturated carbocycles. The summed E-state index contributed by atoms with van der Waals surface area (Å²) in [6, 6.07) is 14.5. The van der Waals surface area contributed by atoms with Gasteiger partial charge in [0.25, 0.3) is 0 Å². The number of aromatic nitrogens is 1. The van der Waals surface area contributed by atoms with Crippen LogP contribution in [0.5, 0.6) is 0 Å². The Balaban J connectivity index is 1.53. The van der Waals surface area contributed by atoms with Crippen LogP contribution in [0.25, 0.3) is 10.2 Å². The summed E-state index contributed by atoms with van der Waals surface area (Å²) in [5.41, 5.74) is 4.94. The Morgan fingerprint density at radius 1 is 1.12 bits per heavy atom. The van der Waals surface area contributed by atoms with E-state index in [1.807, 2.05) is 31.3 Å². The van der Waals surface area contributed by atoms with Gasteiger partial charge in [0.15, 0.2) is 5.13 Å². The van der Waals surface area contributed by atoms with Gasteiger partial charge in [-0.3, -0.25) is 9.69 Å². The summed E-state index contributed by atoms with van der Waals surface area (Å²) in [5, 5.41) is 0.763. The molecule has 24 heavy (non-hydrogen) atoms. The number of thiazole rings is 1. The average molecular weight is 336 g/mol. The molecule has 0 fully saturated rings. The van der Waals surface area contributed by atoms with Crippen LogP contribution in [-0.4, -0.2) is 17.9 Å². The molecule has 122 valence electrons. The van der Waals surface area contributed by atoms with Crippen molar-refractivity contribution in [3.8, 4) is 0 Å². The highest BCUT2D eigenvalue weighted by Gasteiger charge is 2.17. The third-order valence-electron chi connectivity index (χ3n) is 4.71. The smallest absolute Gasteiger partial charge is 0.232 e. The van der Waals surface area contributed by atoms with Crippen molar-refractivity contribution in [2.45, 2.75) is 32.1 Å². The fourth-order valence-corrected chi connectivity index (χ4v) is 4.24. The van der Waals surface area contributed by atoms with Crippen LogP contribution in [0.2, 0.25) is 0 Å². The Kier molecular flexibility index (Phi) is 4.07. The Morgan fingerprint density at radius 2 is 1.92 bits per heavy atom. The first-order valence-corrected chi connectivity index (χ1v) is 9.25. The maximum atomic E-state index is 12.7. The summed E-state index contributed by atoms with van der Waals surface area (Å²) < 4.78 is 1.11. The number of aryl methyl sites for hydroxylation is 2. The van der Waals surface area contributed by atoms with E-state index >= 15 is 0 Å². The van der Waals surface area contributed by atoms with Gasteiger partial charge in [-0.15, -0.1) is 0 Å². The molecule has 0 unspecified atom stereocenters. The minimum Gasteiger partial charge on any atom is -0.291 e. The molecule has 0 aliphatic heterocycles. The fourth-order valence-electron chi connectivity index (χ4n) is 3.30. The number of fused-ring (bicyclic) bond motifs is 2. The normalized spacial score (nSPS) is 13.7. The summed E-state index contributed by atoms with van der Waals surface area (Å²) in [7, 11) is 1.82. The van der Waals surface area contributed by atoms with Crippen molar-refractivity contribution in [1.82, 2.24) is 4.98 Å². The van der Waals surface area contributed by atoms with E-state index in [0.29, 0.717) is 6.42 Å². The van der Waals surface area contributed by atoms with Gasteiger partial charge in [0, 0.05) is 7.05 Å². The number of amides is 1. The molecular weight excluding hydrogens is 316 g/mol. The fraction of sp³-hybridized carbons (Fsp3) is 0.300. The topological polar surface area (TPSA) is 33.2 Å². The molecule has 1 aliphatic rings. The third-order valence-corrected chi connectivity index (χ3v) is 5.82. The zero-order valence-electron chi connectivity index (χ0n) is 13.8. The first-order valence-electron chi connectivity index (χ1n) is 8.43. The molecular formula is C20H20N2OS. The van der Waals surface area contributed by atoms with Gasteiger partial charge in [-0.25, -0.2) is 4.98 Å². The number of carbonyl (C=O) groups is 1. The number of anilines is 1. The average Bonchev–Trinajstić information content (AvgIpc) is 3.05. The lowest BCUT2D eigenvalue weighted by Crippen LogP contribution is -2.27. The Morgan fingerprint density at radius 3 is 2.75 bits per heavy atom. The number of nitrogens with zero attached hydrogens (tertiary/aromatic N) is 2. The molecule has 3 nitrogen and oxygen atoms in total. The third kappa shape index (κ3) is 2.94. The van der Waals surface area contributed by atoms with Crippen LogP contribution in [0.4, 0.5) is 5.13 Å². The van der Waals surface area contributed by atoms with Crippen molar-refractivity contribution in [2.24, 2.45) is 0 Å². The Hall–Kier alpha value is -2.20. The predicted molar refractivity (Wildman–Crippen MR) is 99.8 cm³/mol. The molecule has 4 rings (SSSR count). The van der Waals surface area contributed by atoms with Crippen molar-refractivity contribution < 1.29 is 4.79 Å². The highest BCUT2D eigenvalue weighted by atomic mass is 32.1. The zero-order valence-corrected chi connectivity index (χ0v) is 14.6. The van der Waals surface area contributed by atoms with Gasteiger partial charge >= 0.3 is 0 Å². The van der Waals surface area contributed by atoms with Gasteiger partial charge in [-0.1, -0.05) is 41.7 Å². The summed E-state index contributed by atoms with van der Waals surface area (Å²) >= 11 is 1.56. The second-order valence-electron chi connectivity index (χ2n) is 6.40. The quantitative estimate of drug-likeness (QED) is 0.711. The summed E-state index contributed by atoms with van der Waals surface area (Å²) in [6.07, 6.45) is 5.29. The SMILES string of the molecule is CN(C(=O)Cc1ccc2c(c1)CCCC2)c1nc2ccccc2s1. The number of rotatable bonds is 3. The highest BCUT2D eigenvalue weighted by Crippen LogP contribution is 2.28. The molecule has 0 atom stereocenters. The molecule has 1 aliphatic carbocycles. The van der Waals surface area contributed by atoms with Crippen molar-refractivity contribution in [1.29, 1.82) is 0 Å². The number of benzene rings is 2. The van der Waals surface area contributed by atoms with Gasteiger partial charge in [-0.05, 0) is 54.5 Å². The van der Waals surface area contributed by atoms with Crippen molar-refractivity contribution >= 4 is 32.6 Å². The number of likely N-dealkylation sites (N-methyl/N-ethyl adjacent to an activating group) is 1. The van der Waals surface area contributed by atoms with Crippen LogP contribution < -0.4 is 4.90 Å². The molecule has 1 heterocycles. The minimum absolute atomic E-state index is 0.0878. The number of hydrogen-bond donors (Lipinski definition) is 0. The minimum atomic E-state index is 0.0878. The molecule has 4 heteroatoms. The zero-order chi connectivity index (χ0) is 16.5. The number of hydrogen-bond acceptors (Lipinski definition) is 3. The Labute approximate surface area is 146 Å². The maximum absolute atomic E-state index is 12.7. The number of carbonyl (C=O) groups excluding carboxylic acids is 1. The van der Waals surface area contributed by atoms with E-state index in [1.165, 1.54) is 30.4 Å². The second-order valence-corrected chi connectivity index (χ2v) is 7.41. The van der Waals surface area contributed by atoms with Crippen molar-refractivity contribution in [2.75, 3.05) is 11.9 Å². The first kappa shape index (κ1) is 15.3. The largest absolute Gasteiger partial charge is 0.291 e. The lowest BCUT2D eigenvalue weighted by atomic mass is 9.90. The van der Waals surface area contributed by atoms with E-state index in [1.54, 1.807) is 16.2 Å². The first-order chi connectivity index (χ1) is 11.7. The predicted octanol–water partition coefficient (Wildman–Crippen LogP) is 4.38. The molecule has 3 aromatic rings. The van der Waals surface area contributed by atoms with Gasteiger partial charge in [0.2, 0.25) is 5.91 Å². The highest BCUT2D eigenvalue weighted by molar-refractivity contribution is 7.22. The Bertz CT molecular complexity index is 867. The molecule has 2 aromatic carbocycles. The molecule has 1 amide bonds. The van der Waals surface area contributed by atoms with Crippen LogP contribution >= 0.6 is 11.3 Å². The van der Waals surface area contributed by atoms with Gasteiger partial charge < -0.3 is 0 Å². The van der Waals surface area contributed by atoms with E-state index in [4.69, 9.17) is 0 Å². The molecule has 0 N–H and O–H groups in total. The van der Waals surface area contributed by atoms with Crippen molar-refractivity contribution in [3.05, 3.63) is 59.2 Å². The molecule has 0 saturated heterocycles. The lowest BCUT2D eigenvalue weighted by Gasteiger charge is -2.18. The summed E-state index contributed by atoms with van der Waals surface area (Å²) in [5.74, 6) is 0.0878. The standard InChI is InChI=1S/C20H20N2OS/c1-22(20-21-17-8-4-5-9-18(17)24-20)19(23)13-14-10-11-15-6-2-3-7-16(15)12-14/h4-5,8-12H,2-3,6-7,13H2,1H3. The molecule has 1 aromatic heterocycles. The van der Waals surface area contributed by atoms with Crippen LogP contribution in [0, 0.1) is 0 Å².